The van der Waals surface area contributed by atoms with E-state index < -0.39 is 12.2 Å². The van der Waals surface area contributed by atoms with Crippen LogP contribution in [0.2, 0.25) is 0 Å². The Kier molecular flexibility index (Phi) is 5.83. The number of hydrogen-bond donors (Lipinski definition) is 2. The smallest absolute Gasteiger partial charge is 0.108 e. The molecule has 0 radical (unpaired) electrons. The van der Waals surface area contributed by atoms with E-state index in [1.165, 1.54) is 0 Å². The Morgan fingerprint density at radius 1 is 1.19 bits per heavy atom. The third-order valence-corrected chi connectivity index (χ3v) is 2.52. The van der Waals surface area contributed by atoms with Crippen molar-refractivity contribution in [1.29, 1.82) is 0 Å². The molecule has 1 aromatic carbocycles. The summed E-state index contributed by atoms with van der Waals surface area (Å²) < 4.78 is 0. The predicted octanol–water partition coefficient (Wildman–Crippen LogP) is 2.83. The van der Waals surface area contributed by atoms with Gasteiger partial charge in [-0.2, -0.15) is 0 Å². The van der Waals surface area contributed by atoms with Gasteiger partial charge in [-0.15, -0.1) is 0 Å². The van der Waals surface area contributed by atoms with Crippen LogP contribution in [0.4, 0.5) is 0 Å². The molecule has 0 unspecified atom stereocenters. The summed E-state index contributed by atoms with van der Waals surface area (Å²) in [4.78, 5) is 0. The monoisotopic (exact) mass is 220 g/mol. The zero-order valence-corrected chi connectivity index (χ0v) is 9.71. The highest BCUT2D eigenvalue weighted by molar-refractivity contribution is 5.19. The molecule has 2 heteroatoms. The van der Waals surface area contributed by atoms with Gasteiger partial charge < -0.3 is 10.2 Å². The minimum atomic E-state index is -0.834. The lowest BCUT2D eigenvalue weighted by Gasteiger charge is -2.14. The summed E-state index contributed by atoms with van der Waals surface area (Å²) in [6, 6.07) is 9.22. The summed E-state index contributed by atoms with van der Waals surface area (Å²) in [7, 11) is 0. The molecule has 16 heavy (non-hydrogen) atoms. The number of aliphatic hydroxyl groups excluding tert-OH is 2. The quantitative estimate of drug-likeness (QED) is 0.571. The van der Waals surface area contributed by atoms with E-state index in [9.17, 15) is 10.2 Å². The molecule has 0 aliphatic carbocycles. The summed E-state index contributed by atoms with van der Waals surface area (Å²) in [5.74, 6) is 0. The molecule has 0 aliphatic heterocycles. The molecule has 0 bridgehead atoms. The van der Waals surface area contributed by atoms with Crippen LogP contribution in [0.3, 0.4) is 0 Å². The summed E-state index contributed by atoms with van der Waals surface area (Å²) in [5.41, 5.74) is 0.746. The first-order chi connectivity index (χ1) is 7.75. The van der Waals surface area contributed by atoms with Gasteiger partial charge in [-0.05, 0) is 12.0 Å². The van der Waals surface area contributed by atoms with Crippen LogP contribution in [-0.2, 0) is 0 Å². The highest BCUT2D eigenvalue weighted by Crippen LogP contribution is 2.17. The average molecular weight is 220 g/mol. The Labute approximate surface area is 97.2 Å². The van der Waals surface area contributed by atoms with Crippen molar-refractivity contribution >= 4 is 0 Å². The van der Waals surface area contributed by atoms with E-state index in [1.807, 2.05) is 36.4 Å². The summed E-state index contributed by atoms with van der Waals surface area (Å²) in [6.07, 6.45) is 5.16. The predicted molar refractivity (Wildman–Crippen MR) is 66.1 cm³/mol. The standard InChI is InChI=1S/C14H20O2/c1-2-3-4-8-11-13(15)14(16)12-9-6-5-7-10-12/h5-11,13-16H,2-4H2,1H3/b11-8+/t13-,14+/m1/s1. The van der Waals surface area contributed by atoms with Gasteiger partial charge in [0.1, 0.15) is 12.2 Å². The topological polar surface area (TPSA) is 40.5 Å². The van der Waals surface area contributed by atoms with Gasteiger partial charge in [0.05, 0.1) is 0 Å². The van der Waals surface area contributed by atoms with Crippen LogP contribution in [0.1, 0.15) is 37.9 Å². The molecule has 1 aromatic rings. The molecule has 88 valence electrons. The number of allylic oxidation sites excluding steroid dienone is 1. The van der Waals surface area contributed by atoms with E-state index >= 15 is 0 Å². The van der Waals surface area contributed by atoms with Crippen molar-refractivity contribution in [1.82, 2.24) is 0 Å². The maximum Gasteiger partial charge on any atom is 0.108 e. The molecule has 0 saturated carbocycles. The van der Waals surface area contributed by atoms with Crippen molar-refractivity contribution in [3.8, 4) is 0 Å². The van der Waals surface area contributed by atoms with Crippen LogP contribution in [-0.4, -0.2) is 16.3 Å². The van der Waals surface area contributed by atoms with Gasteiger partial charge in [-0.1, -0.05) is 62.2 Å². The molecule has 0 amide bonds. The lowest BCUT2D eigenvalue weighted by molar-refractivity contribution is 0.0481. The molecule has 0 saturated heterocycles. The molecule has 0 aromatic heterocycles. The van der Waals surface area contributed by atoms with E-state index in [0.717, 1.165) is 24.8 Å². The maximum absolute atomic E-state index is 9.84. The van der Waals surface area contributed by atoms with E-state index in [-0.39, 0.29) is 0 Å². The second kappa shape index (κ2) is 7.20. The molecule has 1 rings (SSSR count). The summed E-state index contributed by atoms with van der Waals surface area (Å²) >= 11 is 0. The zero-order chi connectivity index (χ0) is 11.8. The number of aliphatic hydroxyl groups is 2. The van der Waals surface area contributed by atoms with E-state index in [4.69, 9.17) is 0 Å². The SMILES string of the molecule is CCCC/C=C/[C@@H](O)[C@@H](O)c1ccccc1. The lowest BCUT2D eigenvalue weighted by Crippen LogP contribution is -2.15. The average Bonchev–Trinajstić information content (AvgIpc) is 2.34. The maximum atomic E-state index is 9.84. The third kappa shape index (κ3) is 4.17. The normalized spacial score (nSPS) is 15.2. The van der Waals surface area contributed by atoms with Crippen molar-refractivity contribution in [2.75, 3.05) is 0 Å². The summed E-state index contributed by atoms with van der Waals surface area (Å²) in [5, 5.41) is 19.6. The van der Waals surface area contributed by atoms with E-state index in [1.54, 1.807) is 6.08 Å². The lowest BCUT2D eigenvalue weighted by atomic mass is 10.0. The first kappa shape index (κ1) is 12.9. The molecule has 0 heterocycles. The van der Waals surface area contributed by atoms with Gasteiger partial charge in [-0.3, -0.25) is 0 Å². The van der Waals surface area contributed by atoms with Gasteiger partial charge in [0.15, 0.2) is 0 Å². The molecular weight excluding hydrogens is 200 g/mol. The number of rotatable bonds is 6. The van der Waals surface area contributed by atoms with Crippen LogP contribution in [0.25, 0.3) is 0 Å². The second-order valence-electron chi connectivity index (χ2n) is 3.92. The van der Waals surface area contributed by atoms with Crippen molar-refractivity contribution in [2.24, 2.45) is 0 Å². The molecule has 2 N–H and O–H groups in total. The number of hydrogen-bond acceptors (Lipinski definition) is 2. The number of unbranched alkanes of at least 4 members (excludes halogenated alkanes) is 2. The minimum Gasteiger partial charge on any atom is -0.386 e. The Morgan fingerprint density at radius 2 is 1.88 bits per heavy atom. The van der Waals surface area contributed by atoms with Crippen LogP contribution < -0.4 is 0 Å². The van der Waals surface area contributed by atoms with Gasteiger partial charge in [0, 0.05) is 0 Å². The van der Waals surface area contributed by atoms with Crippen LogP contribution >= 0.6 is 0 Å². The van der Waals surface area contributed by atoms with Crippen molar-refractivity contribution in [2.45, 2.75) is 38.4 Å². The Bertz CT molecular complexity index is 306. The van der Waals surface area contributed by atoms with Gasteiger partial charge in [0.2, 0.25) is 0 Å². The van der Waals surface area contributed by atoms with Gasteiger partial charge in [-0.25, -0.2) is 0 Å². The van der Waals surface area contributed by atoms with Crippen molar-refractivity contribution in [3.63, 3.8) is 0 Å². The molecule has 0 aliphatic rings. The Balaban J connectivity index is 2.48. The molecule has 2 nitrogen and oxygen atoms in total. The van der Waals surface area contributed by atoms with Gasteiger partial charge in [0.25, 0.3) is 0 Å². The van der Waals surface area contributed by atoms with Gasteiger partial charge >= 0.3 is 0 Å². The molecule has 2 atom stereocenters. The summed E-state index contributed by atoms with van der Waals surface area (Å²) in [6.45, 7) is 2.13. The van der Waals surface area contributed by atoms with E-state index in [2.05, 4.69) is 6.92 Å². The third-order valence-electron chi connectivity index (χ3n) is 2.52. The first-order valence-electron chi connectivity index (χ1n) is 5.83. The van der Waals surface area contributed by atoms with Crippen LogP contribution in [0.5, 0.6) is 0 Å². The fourth-order valence-corrected chi connectivity index (χ4v) is 1.51. The zero-order valence-electron chi connectivity index (χ0n) is 9.71. The number of benzene rings is 1. The molecule has 0 fully saturated rings. The Morgan fingerprint density at radius 3 is 2.50 bits per heavy atom. The highest BCUT2D eigenvalue weighted by atomic mass is 16.3. The molecular formula is C14H20O2. The highest BCUT2D eigenvalue weighted by Gasteiger charge is 2.14. The first-order valence-corrected chi connectivity index (χ1v) is 5.83. The minimum absolute atomic E-state index is 0.746. The van der Waals surface area contributed by atoms with Crippen LogP contribution in [0, 0.1) is 0 Å². The fraction of sp³-hybridized carbons (Fsp3) is 0.429. The van der Waals surface area contributed by atoms with Crippen molar-refractivity contribution in [3.05, 3.63) is 48.0 Å². The van der Waals surface area contributed by atoms with Crippen LogP contribution in [0.15, 0.2) is 42.5 Å². The largest absolute Gasteiger partial charge is 0.386 e. The second-order valence-corrected chi connectivity index (χ2v) is 3.92. The van der Waals surface area contributed by atoms with Crippen molar-refractivity contribution < 1.29 is 10.2 Å². The fourth-order valence-electron chi connectivity index (χ4n) is 1.51. The van der Waals surface area contributed by atoms with E-state index in [0.29, 0.717) is 0 Å². The molecule has 0 spiro atoms. The Hall–Kier alpha value is -1.12.